The van der Waals surface area contributed by atoms with Gasteiger partial charge < -0.3 is 19.3 Å². The van der Waals surface area contributed by atoms with E-state index in [1.54, 1.807) is 0 Å². The molecule has 0 aromatic carbocycles. The number of nitrogens with zero attached hydrogens (tertiary/aromatic N) is 5. The van der Waals surface area contributed by atoms with Gasteiger partial charge in [-0.1, -0.05) is 0 Å². The lowest BCUT2D eigenvalue weighted by Gasteiger charge is -2.26. The summed E-state index contributed by atoms with van der Waals surface area (Å²) in [7, 11) is 0. The molecule has 1 aliphatic carbocycles. The minimum Gasteiger partial charge on any atom is -0.475 e. The van der Waals surface area contributed by atoms with Gasteiger partial charge in [-0.15, -0.1) is 0 Å². The summed E-state index contributed by atoms with van der Waals surface area (Å²) in [4.78, 5) is 38.5. The molecule has 1 amide bonds. The number of ether oxygens (including phenoxy) is 1. The molecule has 2 aromatic rings. The summed E-state index contributed by atoms with van der Waals surface area (Å²) < 4.78 is 39.2. The van der Waals surface area contributed by atoms with E-state index in [-0.39, 0.29) is 5.91 Å². The summed E-state index contributed by atoms with van der Waals surface area (Å²) in [5.74, 6) is -1.42. The molecule has 35 heavy (non-hydrogen) atoms. The molecule has 0 bridgehead atoms. The van der Waals surface area contributed by atoms with Crippen LogP contribution in [0.4, 0.5) is 19.1 Å². The third-order valence-corrected chi connectivity index (χ3v) is 5.75. The lowest BCUT2D eigenvalue weighted by atomic mass is 10.2. The summed E-state index contributed by atoms with van der Waals surface area (Å²) >= 11 is 0. The SMILES string of the molecule is O=C(O)C(F)(F)F.O=C(c1cc(-c2cnc(N3CCOCC3)nc2)cn1CC1CC1)N1CCCO1. The molecule has 0 atom stereocenters. The van der Waals surface area contributed by atoms with E-state index in [2.05, 4.69) is 25.6 Å². The predicted molar refractivity (Wildman–Crippen MR) is 117 cm³/mol. The fourth-order valence-corrected chi connectivity index (χ4v) is 3.71. The molecule has 2 aromatic heterocycles. The number of aliphatic carboxylic acids is 1. The highest BCUT2D eigenvalue weighted by molar-refractivity contribution is 5.93. The molecule has 1 saturated carbocycles. The highest BCUT2D eigenvalue weighted by Gasteiger charge is 2.38. The van der Waals surface area contributed by atoms with Crippen molar-refractivity contribution in [3.05, 3.63) is 30.4 Å². The van der Waals surface area contributed by atoms with E-state index in [9.17, 15) is 18.0 Å². The average molecular weight is 497 g/mol. The molecular formula is C22H26F3N5O5. The number of carboxylic acids is 1. The van der Waals surface area contributed by atoms with Crippen molar-refractivity contribution in [3.8, 4) is 11.1 Å². The van der Waals surface area contributed by atoms with Gasteiger partial charge in [0.25, 0.3) is 5.91 Å². The largest absolute Gasteiger partial charge is 0.490 e. The van der Waals surface area contributed by atoms with Crippen molar-refractivity contribution in [2.24, 2.45) is 5.92 Å². The number of anilines is 1. The second-order valence-electron chi connectivity index (χ2n) is 8.48. The number of halogens is 3. The number of amides is 1. The van der Waals surface area contributed by atoms with Gasteiger partial charge in [-0.3, -0.25) is 9.63 Å². The smallest absolute Gasteiger partial charge is 0.475 e. The Morgan fingerprint density at radius 1 is 1.06 bits per heavy atom. The number of alkyl halides is 3. The zero-order chi connectivity index (χ0) is 25.0. The minimum absolute atomic E-state index is 0.0599. The molecule has 2 aliphatic heterocycles. The van der Waals surface area contributed by atoms with E-state index in [0.29, 0.717) is 38.0 Å². The molecule has 190 valence electrons. The Balaban J connectivity index is 0.000000364. The van der Waals surface area contributed by atoms with Crippen molar-refractivity contribution >= 4 is 17.8 Å². The van der Waals surface area contributed by atoms with Gasteiger partial charge in [0, 0.05) is 49.4 Å². The van der Waals surface area contributed by atoms with Crippen LogP contribution in [-0.2, 0) is 20.9 Å². The topological polar surface area (TPSA) is 110 Å². The molecule has 0 radical (unpaired) electrons. The van der Waals surface area contributed by atoms with Crippen LogP contribution in [0.25, 0.3) is 11.1 Å². The van der Waals surface area contributed by atoms with Crippen LogP contribution in [0.15, 0.2) is 24.7 Å². The Kier molecular flexibility index (Phi) is 7.55. The first-order chi connectivity index (χ1) is 16.7. The number of carbonyl (C=O) groups excluding carboxylic acids is 1. The fraction of sp³-hybridized carbons (Fsp3) is 0.545. The van der Waals surface area contributed by atoms with E-state index in [1.165, 1.54) is 17.9 Å². The van der Waals surface area contributed by atoms with Gasteiger partial charge >= 0.3 is 12.1 Å². The van der Waals surface area contributed by atoms with Crippen LogP contribution in [-0.4, -0.2) is 82.2 Å². The van der Waals surface area contributed by atoms with E-state index < -0.39 is 12.1 Å². The molecule has 0 unspecified atom stereocenters. The lowest BCUT2D eigenvalue weighted by Crippen LogP contribution is -2.37. The number of carboxylic acid groups (broad SMARTS) is 1. The first-order valence-electron chi connectivity index (χ1n) is 11.3. The van der Waals surface area contributed by atoms with Crippen molar-refractivity contribution in [1.82, 2.24) is 19.6 Å². The summed E-state index contributed by atoms with van der Waals surface area (Å²) in [6.45, 7) is 5.18. The predicted octanol–water partition coefficient (Wildman–Crippen LogP) is 2.60. The van der Waals surface area contributed by atoms with Crippen molar-refractivity contribution in [1.29, 1.82) is 0 Å². The lowest BCUT2D eigenvalue weighted by molar-refractivity contribution is -0.192. The molecule has 10 nitrogen and oxygen atoms in total. The van der Waals surface area contributed by atoms with Crippen LogP contribution >= 0.6 is 0 Å². The number of morpholine rings is 1. The van der Waals surface area contributed by atoms with Gasteiger partial charge in [-0.25, -0.2) is 19.8 Å². The monoisotopic (exact) mass is 497 g/mol. The Morgan fingerprint density at radius 2 is 1.71 bits per heavy atom. The minimum atomic E-state index is -5.08. The van der Waals surface area contributed by atoms with Crippen LogP contribution in [0.1, 0.15) is 29.8 Å². The number of aromatic nitrogens is 3. The summed E-state index contributed by atoms with van der Waals surface area (Å²) in [6, 6.07) is 1.94. The summed E-state index contributed by atoms with van der Waals surface area (Å²) in [5.41, 5.74) is 2.57. The van der Waals surface area contributed by atoms with Crippen LogP contribution in [0.2, 0.25) is 0 Å². The van der Waals surface area contributed by atoms with E-state index in [1.807, 2.05) is 18.5 Å². The van der Waals surface area contributed by atoms with Crippen LogP contribution in [0.5, 0.6) is 0 Å². The molecule has 0 spiro atoms. The fourth-order valence-electron chi connectivity index (χ4n) is 3.71. The summed E-state index contributed by atoms with van der Waals surface area (Å²) in [6.07, 6.45) is 4.01. The van der Waals surface area contributed by atoms with Gasteiger partial charge in [0.2, 0.25) is 5.95 Å². The van der Waals surface area contributed by atoms with E-state index in [4.69, 9.17) is 19.5 Å². The van der Waals surface area contributed by atoms with Crippen molar-refractivity contribution < 1.29 is 37.4 Å². The molecule has 1 N–H and O–H groups in total. The third kappa shape index (κ3) is 6.48. The molecule has 13 heteroatoms. The first-order valence-corrected chi connectivity index (χ1v) is 11.3. The molecule has 2 saturated heterocycles. The van der Waals surface area contributed by atoms with Gasteiger partial charge in [0.05, 0.1) is 26.4 Å². The maximum atomic E-state index is 12.9. The van der Waals surface area contributed by atoms with Crippen molar-refractivity contribution in [2.75, 3.05) is 44.4 Å². The van der Waals surface area contributed by atoms with Gasteiger partial charge in [-0.05, 0) is 31.2 Å². The normalized spacial score (nSPS) is 18.3. The number of rotatable bonds is 5. The first kappa shape index (κ1) is 24.9. The molecule has 3 fully saturated rings. The molecular weight excluding hydrogens is 471 g/mol. The van der Waals surface area contributed by atoms with Crippen LogP contribution in [0, 0.1) is 5.92 Å². The highest BCUT2D eigenvalue weighted by Crippen LogP contribution is 2.33. The molecule has 3 aliphatic rings. The maximum Gasteiger partial charge on any atom is 0.490 e. The van der Waals surface area contributed by atoms with E-state index >= 15 is 0 Å². The standard InChI is InChI=1S/C20H25N5O3.C2HF3O2/c26-19(25-4-1-7-28-25)18-10-16(14-24(18)13-15-2-3-15)17-11-21-20(22-12-17)23-5-8-27-9-6-23;3-2(4,5)1(6)7/h10-12,14-15H,1-9,13H2;(H,6,7). The highest BCUT2D eigenvalue weighted by atomic mass is 19.4. The number of hydroxylamine groups is 2. The second-order valence-corrected chi connectivity index (χ2v) is 8.48. The zero-order valence-corrected chi connectivity index (χ0v) is 18.9. The Bertz CT molecular complexity index is 1030. The van der Waals surface area contributed by atoms with Gasteiger partial charge in [-0.2, -0.15) is 13.2 Å². The summed E-state index contributed by atoms with van der Waals surface area (Å²) in [5, 5.41) is 8.61. The van der Waals surface area contributed by atoms with Crippen LogP contribution in [0.3, 0.4) is 0 Å². The molecule has 4 heterocycles. The maximum absolute atomic E-state index is 12.9. The van der Waals surface area contributed by atoms with Crippen LogP contribution < -0.4 is 4.90 Å². The Labute approximate surface area is 199 Å². The van der Waals surface area contributed by atoms with Gasteiger partial charge in [0.1, 0.15) is 5.69 Å². The third-order valence-electron chi connectivity index (χ3n) is 5.75. The average Bonchev–Trinajstić information content (AvgIpc) is 3.32. The number of hydrogen-bond acceptors (Lipinski definition) is 7. The number of carbonyl (C=O) groups is 2. The Hall–Kier alpha value is -3.19. The number of hydrogen-bond donors (Lipinski definition) is 1. The van der Waals surface area contributed by atoms with Gasteiger partial charge in [0.15, 0.2) is 0 Å². The molecule has 5 rings (SSSR count). The Morgan fingerprint density at radius 3 is 2.26 bits per heavy atom. The van der Waals surface area contributed by atoms with Crippen molar-refractivity contribution in [2.45, 2.75) is 32.0 Å². The second kappa shape index (κ2) is 10.6. The quantitative estimate of drug-likeness (QED) is 0.672. The van der Waals surface area contributed by atoms with E-state index in [0.717, 1.165) is 43.1 Å². The van der Waals surface area contributed by atoms with Crippen molar-refractivity contribution in [3.63, 3.8) is 0 Å². The zero-order valence-electron chi connectivity index (χ0n) is 18.9.